The van der Waals surface area contributed by atoms with Gasteiger partial charge in [0.15, 0.2) is 12.4 Å². The Kier molecular flexibility index (Phi) is 3.65. The molecule has 0 aliphatic carbocycles. The van der Waals surface area contributed by atoms with Crippen LogP contribution in [0.3, 0.4) is 0 Å². The van der Waals surface area contributed by atoms with E-state index < -0.39 is 6.10 Å². The van der Waals surface area contributed by atoms with E-state index in [-0.39, 0.29) is 18.4 Å². The third kappa shape index (κ3) is 2.65. The fourth-order valence-electron chi connectivity index (χ4n) is 1.12. The van der Waals surface area contributed by atoms with Gasteiger partial charge >= 0.3 is 5.97 Å². The topological polar surface area (TPSA) is 57.3 Å². The van der Waals surface area contributed by atoms with Crippen molar-refractivity contribution >= 4 is 5.97 Å². The van der Waals surface area contributed by atoms with E-state index in [2.05, 4.69) is 4.74 Å². The van der Waals surface area contributed by atoms with Crippen LogP contribution >= 0.6 is 0 Å². The molecule has 76 valence electrons. The molecule has 0 N–H and O–H groups in total. The van der Waals surface area contributed by atoms with Crippen LogP contribution < -0.4 is 0 Å². The van der Waals surface area contributed by atoms with Gasteiger partial charge in [0.2, 0.25) is 0 Å². The lowest BCUT2D eigenvalue weighted by molar-refractivity contribution is -0.142. The van der Waals surface area contributed by atoms with Gasteiger partial charge in [0.05, 0.1) is 7.11 Å². The number of hydrogen-bond acceptors (Lipinski definition) is 5. The molecule has 5 nitrogen and oxygen atoms in total. The molecular formula is C8H14O5. The van der Waals surface area contributed by atoms with E-state index in [1.54, 1.807) is 14.2 Å². The fraction of sp³-hybridized carbons (Fsp3) is 0.875. The first-order chi connectivity index (χ1) is 6.22. The maximum atomic E-state index is 10.9. The maximum absolute atomic E-state index is 10.9. The summed E-state index contributed by atoms with van der Waals surface area (Å²) in [6, 6.07) is 0. The minimum absolute atomic E-state index is 0.127. The Hall–Kier alpha value is -0.650. The molecule has 1 aliphatic rings. The largest absolute Gasteiger partial charge is 0.467 e. The quantitative estimate of drug-likeness (QED) is 0.345. The van der Waals surface area contributed by atoms with Gasteiger partial charge in [-0.1, -0.05) is 0 Å². The van der Waals surface area contributed by atoms with Crippen LogP contribution in [0.15, 0.2) is 0 Å². The van der Waals surface area contributed by atoms with Crippen LogP contribution in [0.2, 0.25) is 0 Å². The predicted octanol–water partition coefficient (Wildman–Crippen LogP) is -0.0642. The number of carbonyl (C=O) groups excluding carboxylic acids is 1. The van der Waals surface area contributed by atoms with E-state index in [0.717, 1.165) is 0 Å². The molecule has 0 bridgehead atoms. The highest BCUT2D eigenvalue weighted by Crippen LogP contribution is 2.28. The third-order valence-corrected chi connectivity index (χ3v) is 1.97. The van der Waals surface area contributed by atoms with Gasteiger partial charge < -0.3 is 18.9 Å². The Balaban J connectivity index is 2.23. The molecule has 1 aliphatic heterocycles. The lowest BCUT2D eigenvalue weighted by atomic mass is 10.2. The SMILES string of the molecule is COC(=O)[C@@H]1O[C@H]1CC(OC)OC. The number of epoxide rings is 1. The lowest BCUT2D eigenvalue weighted by Crippen LogP contribution is -2.19. The smallest absolute Gasteiger partial charge is 0.337 e. The van der Waals surface area contributed by atoms with Crippen molar-refractivity contribution in [3.05, 3.63) is 0 Å². The Morgan fingerprint density at radius 3 is 2.46 bits per heavy atom. The van der Waals surface area contributed by atoms with Crippen LogP contribution in [0, 0.1) is 0 Å². The summed E-state index contributed by atoms with van der Waals surface area (Å²) in [6.45, 7) is 0. The summed E-state index contributed by atoms with van der Waals surface area (Å²) in [7, 11) is 4.43. The zero-order valence-corrected chi connectivity index (χ0v) is 7.98. The molecule has 0 aromatic rings. The Morgan fingerprint density at radius 2 is 2.00 bits per heavy atom. The van der Waals surface area contributed by atoms with Gasteiger partial charge in [-0.05, 0) is 0 Å². The molecular weight excluding hydrogens is 176 g/mol. The van der Waals surface area contributed by atoms with Gasteiger partial charge in [0.1, 0.15) is 6.10 Å². The van der Waals surface area contributed by atoms with E-state index in [4.69, 9.17) is 14.2 Å². The van der Waals surface area contributed by atoms with Crippen molar-refractivity contribution in [3.63, 3.8) is 0 Å². The zero-order valence-electron chi connectivity index (χ0n) is 7.98. The molecule has 2 atom stereocenters. The number of methoxy groups -OCH3 is 3. The molecule has 1 rings (SSSR count). The van der Waals surface area contributed by atoms with Crippen molar-refractivity contribution in [1.82, 2.24) is 0 Å². The van der Waals surface area contributed by atoms with Crippen molar-refractivity contribution in [3.8, 4) is 0 Å². The summed E-state index contributed by atoms with van der Waals surface area (Å²) >= 11 is 0. The summed E-state index contributed by atoms with van der Waals surface area (Å²) in [5.74, 6) is -0.337. The Bertz CT molecular complexity index is 177. The fourth-order valence-corrected chi connectivity index (χ4v) is 1.12. The molecule has 0 radical (unpaired) electrons. The van der Waals surface area contributed by atoms with Gasteiger partial charge in [0.25, 0.3) is 0 Å². The summed E-state index contributed by atoms with van der Waals surface area (Å²) in [5.41, 5.74) is 0. The number of carbonyl (C=O) groups is 1. The van der Waals surface area contributed by atoms with Crippen LogP contribution in [-0.2, 0) is 23.7 Å². The second kappa shape index (κ2) is 4.55. The standard InChI is InChI=1S/C8H14O5/c1-10-6(11-2)4-5-7(13-5)8(9)12-3/h5-7H,4H2,1-3H3/t5-,7+/m0/s1. The van der Waals surface area contributed by atoms with Gasteiger partial charge in [-0.3, -0.25) is 0 Å². The summed E-state index contributed by atoms with van der Waals surface area (Å²) in [5, 5.41) is 0. The Morgan fingerprint density at radius 1 is 1.38 bits per heavy atom. The first-order valence-corrected chi connectivity index (χ1v) is 4.01. The average molecular weight is 190 g/mol. The molecule has 0 aromatic carbocycles. The average Bonchev–Trinajstić information content (AvgIpc) is 2.92. The first kappa shape index (κ1) is 10.4. The summed E-state index contributed by atoms with van der Waals surface area (Å²) in [4.78, 5) is 10.9. The van der Waals surface area contributed by atoms with Gasteiger partial charge in [-0.2, -0.15) is 0 Å². The van der Waals surface area contributed by atoms with E-state index >= 15 is 0 Å². The molecule has 0 aromatic heterocycles. The summed E-state index contributed by atoms with van der Waals surface area (Å²) < 4.78 is 19.5. The number of esters is 1. The van der Waals surface area contributed by atoms with Gasteiger partial charge in [-0.15, -0.1) is 0 Å². The molecule has 13 heavy (non-hydrogen) atoms. The van der Waals surface area contributed by atoms with Crippen LogP contribution in [-0.4, -0.2) is 45.8 Å². The molecule has 0 saturated carbocycles. The minimum Gasteiger partial charge on any atom is -0.467 e. The molecule has 0 spiro atoms. The van der Waals surface area contributed by atoms with Crippen molar-refractivity contribution < 1.29 is 23.7 Å². The predicted molar refractivity (Wildman–Crippen MR) is 43.1 cm³/mol. The molecule has 0 unspecified atom stereocenters. The van der Waals surface area contributed by atoms with Crippen molar-refractivity contribution in [2.75, 3.05) is 21.3 Å². The molecule has 1 heterocycles. The van der Waals surface area contributed by atoms with Gasteiger partial charge in [-0.25, -0.2) is 4.79 Å². The maximum Gasteiger partial charge on any atom is 0.337 e. The molecule has 5 heteroatoms. The monoisotopic (exact) mass is 190 g/mol. The van der Waals surface area contributed by atoms with Crippen molar-refractivity contribution in [2.24, 2.45) is 0 Å². The van der Waals surface area contributed by atoms with Crippen LogP contribution in [0.5, 0.6) is 0 Å². The molecule has 1 fully saturated rings. The lowest BCUT2D eigenvalue weighted by Gasteiger charge is -2.10. The Labute approximate surface area is 76.9 Å². The minimum atomic E-state index is -0.433. The van der Waals surface area contributed by atoms with Crippen molar-refractivity contribution in [1.29, 1.82) is 0 Å². The first-order valence-electron chi connectivity index (χ1n) is 4.01. The third-order valence-electron chi connectivity index (χ3n) is 1.97. The molecule has 1 saturated heterocycles. The van der Waals surface area contributed by atoms with Crippen molar-refractivity contribution in [2.45, 2.75) is 24.9 Å². The van der Waals surface area contributed by atoms with E-state index in [9.17, 15) is 4.79 Å². The number of rotatable bonds is 5. The zero-order chi connectivity index (χ0) is 9.84. The van der Waals surface area contributed by atoms with E-state index in [1.807, 2.05) is 0 Å². The highest BCUT2D eigenvalue weighted by molar-refractivity contribution is 5.77. The normalized spacial score (nSPS) is 26.2. The van der Waals surface area contributed by atoms with E-state index in [0.29, 0.717) is 6.42 Å². The van der Waals surface area contributed by atoms with Gasteiger partial charge in [0, 0.05) is 20.6 Å². The molecule has 0 amide bonds. The van der Waals surface area contributed by atoms with E-state index in [1.165, 1.54) is 7.11 Å². The number of hydrogen-bond donors (Lipinski definition) is 0. The highest BCUT2D eigenvalue weighted by Gasteiger charge is 2.47. The highest BCUT2D eigenvalue weighted by atomic mass is 16.7. The second-order valence-electron chi connectivity index (χ2n) is 2.75. The van der Waals surface area contributed by atoms with Crippen LogP contribution in [0.1, 0.15) is 6.42 Å². The van der Waals surface area contributed by atoms with Crippen LogP contribution in [0.25, 0.3) is 0 Å². The summed E-state index contributed by atoms with van der Waals surface area (Å²) in [6.07, 6.45) is -0.331. The number of ether oxygens (including phenoxy) is 4. The van der Waals surface area contributed by atoms with Crippen LogP contribution in [0.4, 0.5) is 0 Å². The second-order valence-corrected chi connectivity index (χ2v) is 2.75.